The molecule has 1 heteroatoms. The monoisotopic (exact) mass is 178 g/mol. The molecule has 0 amide bonds. The number of unbranched alkanes of at least 4 members (excludes halogenated alkanes) is 1. The quantitative estimate of drug-likeness (QED) is 0.605. The van der Waals surface area contributed by atoms with Crippen LogP contribution < -0.4 is 0 Å². The minimum absolute atomic E-state index is 0.183. The molecule has 0 atom stereocenters. The SMILES string of the molecule is C#CC1(C(C)=O)CC(CCCC)C1. The van der Waals surface area contributed by atoms with Crippen LogP contribution in [-0.4, -0.2) is 5.78 Å². The first-order chi connectivity index (χ1) is 6.14. The van der Waals surface area contributed by atoms with E-state index >= 15 is 0 Å². The smallest absolute Gasteiger partial charge is 0.147 e. The fraction of sp³-hybridized carbons (Fsp3) is 0.750. The van der Waals surface area contributed by atoms with Gasteiger partial charge in [-0.15, -0.1) is 6.42 Å². The van der Waals surface area contributed by atoms with Crippen molar-refractivity contribution in [3.8, 4) is 12.3 Å². The van der Waals surface area contributed by atoms with Gasteiger partial charge in [-0.1, -0.05) is 32.1 Å². The summed E-state index contributed by atoms with van der Waals surface area (Å²) in [6, 6.07) is 0. The highest BCUT2D eigenvalue weighted by Crippen LogP contribution is 2.47. The number of carbonyl (C=O) groups is 1. The van der Waals surface area contributed by atoms with E-state index in [9.17, 15) is 4.79 Å². The maximum atomic E-state index is 11.3. The summed E-state index contributed by atoms with van der Waals surface area (Å²) in [5.74, 6) is 3.56. The van der Waals surface area contributed by atoms with Crippen molar-refractivity contribution in [2.75, 3.05) is 0 Å². The highest BCUT2D eigenvalue weighted by atomic mass is 16.1. The molecular weight excluding hydrogens is 160 g/mol. The van der Waals surface area contributed by atoms with Crippen LogP contribution in [0.2, 0.25) is 0 Å². The molecule has 1 aliphatic carbocycles. The molecule has 0 aliphatic heterocycles. The molecule has 0 aromatic carbocycles. The van der Waals surface area contributed by atoms with Gasteiger partial charge in [0.15, 0.2) is 0 Å². The van der Waals surface area contributed by atoms with Crippen LogP contribution in [0.1, 0.15) is 46.0 Å². The van der Waals surface area contributed by atoms with Crippen LogP contribution in [0.5, 0.6) is 0 Å². The van der Waals surface area contributed by atoms with Crippen molar-refractivity contribution in [3.05, 3.63) is 0 Å². The fourth-order valence-electron chi connectivity index (χ4n) is 2.13. The molecule has 0 aromatic heterocycles. The first-order valence-electron chi connectivity index (χ1n) is 5.13. The number of hydrogen-bond acceptors (Lipinski definition) is 1. The topological polar surface area (TPSA) is 17.1 Å². The summed E-state index contributed by atoms with van der Waals surface area (Å²) in [5.41, 5.74) is -0.377. The van der Waals surface area contributed by atoms with Crippen LogP contribution in [0.3, 0.4) is 0 Å². The summed E-state index contributed by atoms with van der Waals surface area (Å²) in [6.07, 6.45) is 11.0. The average Bonchev–Trinajstić information content (AvgIpc) is 2.02. The van der Waals surface area contributed by atoms with E-state index in [1.165, 1.54) is 19.3 Å². The molecule has 0 spiro atoms. The van der Waals surface area contributed by atoms with E-state index in [1.54, 1.807) is 6.92 Å². The second-order valence-electron chi connectivity index (χ2n) is 4.20. The summed E-state index contributed by atoms with van der Waals surface area (Å²) in [4.78, 5) is 11.3. The van der Waals surface area contributed by atoms with Crippen molar-refractivity contribution < 1.29 is 4.79 Å². The molecule has 1 nitrogen and oxygen atoms in total. The van der Waals surface area contributed by atoms with Crippen molar-refractivity contribution >= 4 is 5.78 Å². The predicted molar refractivity (Wildman–Crippen MR) is 54.2 cm³/mol. The summed E-state index contributed by atoms with van der Waals surface area (Å²) >= 11 is 0. The van der Waals surface area contributed by atoms with Gasteiger partial charge in [0.2, 0.25) is 0 Å². The van der Waals surface area contributed by atoms with Gasteiger partial charge >= 0.3 is 0 Å². The Morgan fingerprint density at radius 1 is 1.62 bits per heavy atom. The van der Waals surface area contributed by atoms with Crippen LogP contribution in [0.15, 0.2) is 0 Å². The zero-order chi connectivity index (χ0) is 9.90. The second-order valence-corrected chi connectivity index (χ2v) is 4.20. The van der Waals surface area contributed by atoms with Gasteiger partial charge in [-0.3, -0.25) is 4.79 Å². The molecular formula is C12H18O. The molecule has 0 N–H and O–H groups in total. The van der Waals surface area contributed by atoms with Crippen LogP contribution in [0.4, 0.5) is 0 Å². The normalized spacial score (nSPS) is 31.9. The Morgan fingerprint density at radius 2 is 2.23 bits per heavy atom. The molecule has 0 radical (unpaired) electrons. The molecule has 72 valence electrons. The lowest BCUT2D eigenvalue weighted by atomic mass is 9.59. The van der Waals surface area contributed by atoms with Gasteiger partial charge in [-0.05, 0) is 25.7 Å². The number of hydrogen-bond donors (Lipinski definition) is 0. The van der Waals surface area contributed by atoms with Gasteiger partial charge in [-0.25, -0.2) is 0 Å². The largest absolute Gasteiger partial charge is 0.298 e. The molecule has 1 saturated carbocycles. The third-order valence-electron chi connectivity index (χ3n) is 3.19. The second kappa shape index (κ2) is 3.96. The molecule has 0 bridgehead atoms. The van der Waals surface area contributed by atoms with Crippen molar-refractivity contribution in [1.29, 1.82) is 0 Å². The van der Waals surface area contributed by atoms with Crippen molar-refractivity contribution in [1.82, 2.24) is 0 Å². The zero-order valence-corrected chi connectivity index (χ0v) is 8.60. The summed E-state index contributed by atoms with van der Waals surface area (Å²) < 4.78 is 0. The van der Waals surface area contributed by atoms with Crippen LogP contribution in [-0.2, 0) is 4.79 Å². The highest BCUT2D eigenvalue weighted by Gasteiger charge is 2.45. The summed E-state index contributed by atoms with van der Waals surface area (Å²) in [6.45, 7) is 3.81. The Morgan fingerprint density at radius 3 is 2.62 bits per heavy atom. The van der Waals surface area contributed by atoms with E-state index in [1.807, 2.05) is 0 Å². The van der Waals surface area contributed by atoms with E-state index in [0.29, 0.717) is 5.92 Å². The Bertz CT molecular complexity index is 228. The number of Topliss-reactive ketones (excluding diaryl/α,β-unsaturated/α-hetero) is 1. The van der Waals surface area contributed by atoms with Crippen molar-refractivity contribution in [2.24, 2.45) is 11.3 Å². The minimum atomic E-state index is -0.377. The number of carbonyl (C=O) groups excluding carboxylic acids is 1. The van der Waals surface area contributed by atoms with Gasteiger partial charge in [-0.2, -0.15) is 0 Å². The molecule has 0 unspecified atom stereocenters. The average molecular weight is 178 g/mol. The first-order valence-corrected chi connectivity index (χ1v) is 5.13. The molecule has 1 aliphatic rings. The summed E-state index contributed by atoms with van der Waals surface area (Å²) in [5, 5.41) is 0. The molecule has 1 rings (SSSR count). The summed E-state index contributed by atoms with van der Waals surface area (Å²) in [7, 11) is 0. The molecule has 0 aromatic rings. The third-order valence-corrected chi connectivity index (χ3v) is 3.19. The standard InChI is InChI=1S/C12H18O/c1-4-6-7-11-8-12(5-2,9-11)10(3)13/h2,11H,4,6-9H2,1,3H3. The minimum Gasteiger partial charge on any atom is -0.298 e. The van der Waals surface area contributed by atoms with Crippen molar-refractivity contribution in [3.63, 3.8) is 0 Å². The van der Waals surface area contributed by atoms with Crippen molar-refractivity contribution in [2.45, 2.75) is 46.0 Å². The van der Waals surface area contributed by atoms with E-state index in [0.717, 1.165) is 12.8 Å². The predicted octanol–water partition coefficient (Wildman–Crippen LogP) is 2.80. The molecule has 0 heterocycles. The van der Waals surface area contributed by atoms with Crippen LogP contribution >= 0.6 is 0 Å². The highest BCUT2D eigenvalue weighted by molar-refractivity contribution is 5.86. The Hall–Kier alpha value is -0.770. The Kier molecular flexibility index (Phi) is 3.14. The molecule has 1 fully saturated rings. The zero-order valence-electron chi connectivity index (χ0n) is 8.60. The number of rotatable bonds is 4. The van der Waals surface area contributed by atoms with E-state index in [2.05, 4.69) is 12.8 Å². The fourth-order valence-corrected chi connectivity index (χ4v) is 2.13. The third kappa shape index (κ3) is 1.94. The first kappa shape index (κ1) is 10.3. The van der Waals surface area contributed by atoms with E-state index in [-0.39, 0.29) is 11.2 Å². The van der Waals surface area contributed by atoms with Crippen LogP contribution in [0, 0.1) is 23.7 Å². The van der Waals surface area contributed by atoms with E-state index in [4.69, 9.17) is 6.42 Å². The lowest BCUT2D eigenvalue weighted by Gasteiger charge is -2.42. The van der Waals surface area contributed by atoms with E-state index < -0.39 is 0 Å². The van der Waals surface area contributed by atoms with Gasteiger partial charge in [0.1, 0.15) is 5.78 Å². The molecule has 0 saturated heterocycles. The Balaban J connectivity index is 2.38. The van der Waals surface area contributed by atoms with Gasteiger partial charge in [0, 0.05) is 0 Å². The molecule has 13 heavy (non-hydrogen) atoms. The van der Waals surface area contributed by atoms with Gasteiger partial charge < -0.3 is 0 Å². The number of terminal acetylenes is 1. The maximum absolute atomic E-state index is 11.3. The lowest BCUT2D eigenvalue weighted by molar-refractivity contribution is -0.129. The van der Waals surface area contributed by atoms with Gasteiger partial charge in [0.05, 0.1) is 5.41 Å². The van der Waals surface area contributed by atoms with Crippen LogP contribution in [0.25, 0.3) is 0 Å². The number of ketones is 1. The Labute approximate surface area is 80.9 Å². The maximum Gasteiger partial charge on any atom is 0.147 e. The van der Waals surface area contributed by atoms with Gasteiger partial charge in [0.25, 0.3) is 0 Å². The lowest BCUT2D eigenvalue weighted by Crippen LogP contribution is -2.41.